The van der Waals surface area contributed by atoms with Gasteiger partial charge in [0.05, 0.1) is 5.69 Å². The van der Waals surface area contributed by atoms with E-state index < -0.39 is 11.5 Å². The molecule has 0 fully saturated rings. The largest absolute Gasteiger partial charge is 0.296 e. The number of nitrogens with zero attached hydrogens (tertiary/aromatic N) is 3. The summed E-state index contributed by atoms with van der Waals surface area (Å²) in [5, 5.41) is 7.68. The minimum absolute atomic E-state index is 0. The first kappa shape index (κ1) is 14.5. The third-order valence-corrected chi connectivity index (χ3v) is 3.31. The van der Waals surface area contributed by atoms with Gasteiger partial charge in [-0.25, -0.2) is 4.39 Å². The van der Waals surface area contributed by atoms with E-state index in [0.29, 0.717) is 0 Å². The highest BCUT2D eigenvalue weighted by molar-refractivity contribution is 14.0. The van der Waals surface area contributed by atoms with Crippen LogP contribution in [0.3, 0.4) is 0 Å². The lowest BCUT2D eigenvalue weighted by molar-refractivity contribution is -0.129. The van der Waals surface area contributed by atoms with Gasteiger partial charge in [0, 0.05) is 7.05 Å². The second-order valence-electron chi connectivity index (χ2n) is 4.43. The molecule has 0 saturated heterocycles. The SMILES string of the molecule is CC(=O)C1(F)CCCCCc2c1nnn2C.I. The van der Waals surface area contributed by atoms with Crippen LogP contribution in [0.4, 0.5) is 4.39 Å². The Morgan fingerprint density at radius 2 is 2.12 bits per heavy atom. The molecule has 1 aliphatic carbocycles. The van der Waals surface area contributed by atoms with E-state index >= 15 is 0 Å². The summed E-state index contributed by atoms with van der Waals surface area (Å²) < 4.78 is 16.3. The Morgan fingerprint density at radius 3 is 2.76 bits per heavy atom. The highest BCUT2D eigenvalue weighted by Crippen LogP contribution is 2.36. The number of ketones is 1. The van der Waals surface area contributed by atoms with Crippen molar-refractivity contribution in [3.63, 3.8) is 0 Å². The Kier molecular flexibility index (Phi) is 4.62. The van der Waals surface area contributed by atoms with E-state index in [1.54, 1.807) is 11.7 Å². The summed E-state index contributed by atoms with van der Waals surface area (Å²) in [5.74, 6) is -0.462. The van der Waals surface area contributed by atoms with Crippen molar-refractivity contribution < 1.29 is 9.18 Å². The fourth-order valence-corrected chi connectivity index (χ4v) is 2.26. The summed E-state index contributed by atoms with van der Waals surface area (Å²) in [7, 11) is 1.74. The number of rotatable bonds is 1. The molecule has 1 aromatic heterocycles. The molecule has 0 bridgehead atoms. The van der Waals surface area contributed by atoms with Crippen LogP contribution in [-0.2, 0) is 23.9 Å². The maximum absolute atomic E-state index is 14.7. The summed E-state index contributed by atoms with van der Waals surface area (Å²) in [6.45, 7) is 1.29. The standard InChI is InChI=1S/C11H16FN3O.HI/c1-8(16)11(12)7-5-3-4-6-9-10(11)13-14-15(9)2;/h3-7H2,1-2H3;1H. The molecule has 0 N–H and O–H groups in total. The monoisotopic (exact) mass is 353 g/mol. The highest BCUT2D eigenvalue weighted by atomic mass is 127. The molecule has 1 heterocycles. The molecule has 6 heteroatoms. The summed E-state index contributed by atoms with van der Waals surface area (Å²) in [6, 6.07) is 0. The van der Waals surface area contributed by atoms with E-state index in [-0.39, 0.29) is 36.1 Å². The zero-order chi connectivity index (χ0) is 11.8. The zero-order valence-corrected chi connectivity index (χ0v) is 12.4. The number of carbonyl (C=O) groups excluding carboxylic acids is 1. The van der Waals surface area contributed by atoms with Gasteiger partial charge in [-0.3, -0.25) is 9.48 Å². The predicted molar refractivity (Wildman–Crippen MR) is 72.1 cm³/mol. The van der Waals surface area contributed by atoms with Crippen LogP contribution in [0.5, 0.6) is 0 Å². The average molecular weight is 353 g/mol. The lowest BCUT2D eigenvalue weighted by Crippen LogP contribution is -2.31. The number of aromatic nitrogens is 3. The molecule has 1 aromatic rings. The summed E-state index contributed by atoms with van der Waals surface area (Å²) in [6.07, 6.45) is 3.66. The maximum Gasteiger partial charge on any atom is 0.213 e. The van der Waals surface area contributed by atoms with Gasteiger partial charge in [0.1, 0.15) is 5.69 Å². The Labute approximate surface area is 117 Å². The summed E-state index contributed by atoms with van der Waals surface area (Å²) in [5.41, 5.74) is -0.927. The van der Waals surface area contributed by atoms with Crippen LogP contribution in [0, 0.1) is 0 Å². The van der Waals surface area contributed by atoms with Crippen LogP contribution in [0.2, 0.25) is 0 Å². The lowest BCUT2D eigenvalue weighted by Gasteiger charge is -2.23. The number of aryl methyl sites for hydroxylation is 1. The zero-order valence-electron chi connectivity index (χ0n) is 10.1. The third-order valence-electron chi connectivity index (χ3n) is 3.31. The van der Waals surface area contributed by atoms with E-state index in [9.17, 15) is 9.18 Å². The van der Waals surface area contributed by atoms with Gasteiger partial charge in [0.15, 0.2) is 5.78 Å². The van der Waals surface area contributed by atoms with Crippen LogP contribution in [0.25, 0.3) is 0 Å². The first-order valence-electron chi connectivity index (χ1n) is 5.64. The molecule has 0 saturated carbocycles. The number of fused-ring (bicyclic) bond motifs is 1. The molecular formula is C11H17FIN3O. The molecule has 0 aliphatic heterocycles. The Morgan fingerprint density at radius 1 is 1.41 bits per heavy atom. The predicted octanol–water partition coefficient (Wildman–Crippen LogP) is 2.30. The molecule has 0 radical (unpaired) electrons. The number of alkyl halides is 1. The summed E-state index contributed by atoms with van der Waals surface area (Å²) >= 11 is 0. The van der Waals surface area contributed by atoms with E-state index in [4.69, 9.17) is 0 Å². The molecule has 4 nitrogen and oxygen atoms in total. The minimum atomic E-state index is -1.93. The lowest BCUT2D eigenvalue weighted by atomic mass is 9.86. The van der Waals surface area contributed by atoms with Gasteiger partial charge in [-0.05, 0) is 32.6 Å². The van der Waals surface area contributed by atoms with Gasteiger partial charge in [0.2, 0.25) is 5.67 Å². The fraction of sp³-hybridized carbons (Fsp3) is 0.727. The van der Waals surface area contributed by atoms with E-state index in [2.05, 4.69) is 10.3 Å². The van der Waals surface area contributed by atoms with Gasteiger partial charge >= 0.3 is 0 Å². The van der Waals surface area contributed by atoms with Crippen LogP contribution < -0.4 is 0 Å². The van der Waals surface area contributed by atoms with Crippen molar-refractivity contribution in [1.82, 2.24) is 15.0 Å². The Balaban J connectivity index is 0.00000144. The summed E-state index contributed by atoms with van der Waals surface area (Å²) in [4.78, 5) is 11.5. The second-order valence-corrected chi connectivity index (χ2v) is 4.43. The Hall–Kier alpha value is -0.530. The second kappa shape index (κ2) is 5.41. The van der Waals surface area contributed by atoms with Crippen molar-refractivity contribution in [3.05, 3.63) is 11.4 Å². The smallest absolute Gasteiger partial charge is 0.213 e. The molecule has 1 aliphatic rings. The van der Waals surface area contributed by atoms with Crippen LogP contribution in [-0.4, -0.2) is 20.8 Å². The van der Waals surface area contributed by atoms with Crippen molar-refractivity contribution in [1.29, 1.82) is 0 Å². The molecule has 1 unspecified atom stereocenters. The number of carbonyl (C=O) groups is 1. The third kappa shape index (κ3) is 2.51. The van der Waals surface area contributed by atoms with E-state index in [1.165, 1.54) is 6.92 Å². The first-order valence-corrected chi connectivity index (χ1v) is 5.64. The maximum atomic E-state index is 14.7. The molecule has 0 amide bonds. The minimum Gasteiger partial charge on any atom is -0.296 e. The number of Topliss-reactive ketones (excluding diaryl/α,β-unsaturated/α-hetero) is 1. The topological polar surface area (TPSA) is 47.8 Å². The van der Waals surface area contributed by atoms with Gasteiger partial charge in [-0.1, -0.05) is 11.6 Å². The molecule has 17 heavy (non-hydrogen) atoms. The van der Waals surface area contributed by atoms with Gasteiger partial charge in [-0.2, -0.15) is 0 Å². The van der Waals surface area contributed by atoms with Gasteiger partial charge in [-0.15, -0.1) is 29.1 Å². The normalized spacial score (nSPS) is 24.2. The molecule has 0 spiro atoms. The molecule has 1 atom stereocenters. The molecule has 2 rings (SSSR count). The Bertz CT molecular complexity index is 421. The first-order chi connectivity index (χ1) is 7.55. The van der Waals surface area contributed by atoms with Gasteiger partial charge < -0.3 is 0 Å². The number of hydrogen-bond donors (Lipinski definition) is 0. The fourth-order valence-electron chi connectivity index (χ4n) is 2.26. The van der Waals surface area contributed by atoms with Crippen LogP contribution >= 0.6 is 24.0 Å². The van der Waals surface area contributed by atoms with Crippen molar-refractivity contribution in [2.45, 2.75) is 44.7 Å². The van der Waals surface area contributed by atoms with Crippen molar-refractivity contribution in [2.75, 3.05) is 0 Å². The number of hydrogen-bond acceptors (Lipinski definition) is 3. The average Bonchev–Trinajstić information content (AvgIpc) is 2.56. The van der Waals surface area contributed by atoms with Gasteiger partial charge in [0.25, 0.3) is 0 Å². The van der Waals surface area contributed by atoms with Crippen molar-refractivity contribution >= 4 is 29.8 Å². The van der Waals surface area contributed by atoms with Crippen molar-refractivity contribution in [2.24, 2.45) is 7.05 Å². The highest BCUT2D eigenvalue weighted by Gasteiger charge is 2.42. The quantitative estimate of drug-likeness (QED) is 0.728. The van der Waals surface area contributed by atoms with Crippen LogP contribution in [0.1, 0.15) is 44.0 Å². The number of halogens is 2. The van der Waals surface area contributed by atoms with Crippen LogP contribution in [0.15, 0.2) is 0 Å². The molecule has 0 aromatic carbocycles. The van der Waals surface area contributed by atoms with Crippen molar-refractivity contribution in [3.8, 4) is 0 Å². The molecule has 96 valence electrons. The molecular weight excluding hydrogens is 336 g/mol. The van der Waals surface area contributed by atoms with E-state index in [0.717, 1.165) is 31.4 Å². The van der Waals surface area contributed by atoms with E-state index in [1.807, 2.05) is 0 Å².